The van der Waals surface area contributed by atoms with E-state index in [9.17, 15) is 4.79 Å². The highest BCUT2D eigenvalue weighted by atomic mass is 16.1. The number of hydrogen-bond acceptors (Lipinski definition) is 3. The molecule has 0 spiro atoms. The molecule has 17 heavy (non-hydrogen) atoms. The topological polar surface area (TPSA) is 68.0 Å². The number of carbonyl (C=O) groups excluding carboxylic acids is 1. The number of rotatable bonds is 3. The van der Waals surface area contributed by atoms with Gasteiger partial charge in [0.25, 0.3) is 0 Å². The fourth-order valence-corrected chi connectivity index (χ4v) is 2.50. The van der Waals surface area contributed by atoms with Gasteiger partial charge in [-0.25, -0.2) is 0 Å². The van der Waals surface area contributed by atoms with Gasteiger partial charge in [-0.2, -0.15) is 0 Å². The average Bonchev–Trinajstić information content (AvgIpc) is 2.80. The predicted molar refractivity (Wildman–Crippen MR) is 67.5 cm³/mol. The maximum absolute atomic E-state index is 12.1. The minimum absolute atomic E-state index is 0.0764. The summed E-state index contributed by atoms with van der Waals surface area (Å²) in [6, 6.07) is 1.83. The van der Waals surface area contributed by atoms with Gasteiger partial charge in [0.2, 0.25) is 5.91 Å². The minimum atomic E-state index is 0.0764. The third-order valence-electron chi connectivity index (χ3n) is 3.58. The number of anilines is 1. The van der Waals surface area contributed by atoms with Gasteiger partial charge in [0.05, 0.1) is 0 Å². The maximum atomic E-state index is 12.1. The summed E-state index contributed by atoms with van der Waals surface area (Å²) in [5.74, 6) is 0.525. The summed E-state index contributed by atoms with van der Waals surface area (Å²) in [5.41, 5.74) is 7.54. The Kier molecular flexibility index (Phi) is 3.74. The molecule has 1 aromatic rings. The molecule has 0 aromatic carbocycles. The lowest BCUT2D eigenvalue weighted by atomic mass is 9.95. The van der Waals surface area contributed by atoms with Gasteiger partial charge in [0.15, 0.2) is 0 Å². The van der Waals surface area contributed by atoms with Crippen molar-refractivity contribution >= 4 is 11.6 Å². The number of aryl methyl sites for hydroxylation is 1. The molecule has 1 fully saturated rings. The molecular weight excluding hydrogens is 214 g/mol. The second-order valence-corrected chi connectivity index (χ2v) is 4.71. The van der Waals surface area contributed by atoms with Crippen LogP contribution in [0.2, 0.25) is 0 Å². The van der Waals surface area contributed by atoms with E-state index in [1.165, 1.54) is 0 Å². The van der Waals surface area contributed by atoms with Crippen molar-refractivity contribution in [2.24, 2.45) is 17.6 Å². The van der Waals surface area contributed by atoms with Crippen molar-refractivity contribution in [2.75, 3.05) is 11.9 Å². The van der Waals surface area contributed by atoms with Gasteiger partial charge in [-0.1, -0.05) is 6.42 Å². The first-order valence-electron chi connectivity index (χ1n) is 6.14. The molecule has 1 aliphatic rings. The lowest BCUT2D eigenvalue weighted by Gasteiger charge is -2.18. The van der Waals surface area contributed by atoms with E-state index in [4.69, 9.17) is 5.73 Å². The number of carbonyl (C=O) groups is 1. The maximum Gasteiger partial charge on any atom is 0.227 e. The molecule has 3 N–H and O–H groups in total. The Morgan fingerprint density at radius 1 is 1.59 bits per heavy atom. The monoisotopic (exact) mass is 233 g/mol. The van der Waals surface area contributed by atoms with Crippen LogP contribution >= 0.6 is 0 Å². The molecule has 2 unspecified atom stereocenters. The van der Waals surface area contributed by atoms with E-state index in [-0.39, 0.29) is 11.8 Å². The Bertz CT molecular complexity index is 405. The van der Waals surface area contributed by atoms with Crippen LogP contribution in [0.25, 0.3) is 0 Å². The van der Waals surface area contributed by atoms with E-state index in [1.54, 1.807) is 12.4 Å². The first kappa shape index (κ1) is 12.0. The zero-order valence-electron chi connectivity index (χ0n) is 10.1. The van der Waals surface area contributed by atoms with Gasteiger partial charge in [-0.05, 0) is 43.9 Å². The third kappa shape index (κ3) is 2.64. The molecule has 2 rings (SSSR count). The lowest BCUT2D eigenvalue weighted by molar-refractivity contribution is -0.120. The lowest BCUT2D eigenvalue weighted by Crippen LogP contribution is -2.29. The molecule has 0 aliphatic heterocycles. The van der Waals surface area contributed by atoms with Crippen LogP contribution in [-0.4, -0.2) is 17.4 Å². The first-order chi connectivity index (χ1) is 8.22. The first-order valence-corrected chi connectivity index (χ1v) is 6.14. The van der Waals surface area contributed by atoms with Crippen LogP contribution < -0.4 is 11.1 Å². The highest BCUT2D eigenvalue weighted by molar-refractivity contribution is 5.93. The van der Waals surface area contributed by atoms with Crippen LogP contribution in [0, 0.1) is 18.8 Å². The number of nitrogens with one attached hydrogen (secondary N) is 1. The zero-order valence-corrected chi connectivity index (χ0v) is 10.1. The molecule has 1 aliphatic carbocycles. The molecular formula is C13H19N3O. The Balaban J connectivity index is 2.04. The Morgan fingerprint density at radius 3 is 3.12 bits per heavy atom. The van der Waals surface area contributed by atoms with Crippen molar-refractivity contribution in [1.29, 1.82) is 0 Å². The third-order valence-corrected chi connectivity index (χ3v) is 3.58. The number of pyridine rings is 1. The summed E-state index contributed by atoms with van der Waals surface area (Å²) in [6.07, 6.45) is 6.58. The average molecular weight is 233 g/mol. The van der Waals surface area contributed by atoms with Crippen molar-refractivity contribution in [2.45, 2.75) is 26.2 Å². The molecule has 1 aromatic heterocycles. The molecule has 92 valence electrons. The summed E-state index contributed by atoms with van der Waals surface area (Å²) in [7, 11) is 0. The number of aromatic nitrogens is 1. The van der Waals surface area contributed by atoms with Gasteiger partial charge in [-0.3, -0.25) is 9.78 Å². The van der Waals surface area contributed by atoms with Crippen LogP contribution in [0.4, 0.5) is 5.69 Å². The number of nitrogens with two attached hydrogens (primary N) is 1. The molecule has 1 amide bonds. The van der Waals surface area contributed by atoms with Crippen molar-refractivity contribution in [3.63, 3.8) is 0 Å². The molecule has 0 saturated heterocycles. The quantitative estimate of drug-likeness (QED) is 0.835. The second-order valence-electron chi connectivity index (χ2n) is 4.71. The van der Waals surface area contributed by atoms with Crippen molar-refractivity contribution in [3.8, 4) is 0 Å². The van der Waals surface area contributed by atoms with E-state index in [0.717, 1.165) is 30.5 Å². The largest absolute Gasteiger partial charge is 0.330 e. The normalized spacial score (nSPS) is 23.6. The molecule has 4 heteroatoms. The zero-order chi connectivity index (χ0) is 12.3. The number of nitrogens with zero attached hydrogens (tertiary/aromatic N) is 1. The Hall–Kier alpha value is -1.42. The highest BCUT2D eigenvalue weighted by Gasteiger charge is 2.31. The van der Waals surface area contributed by atoms with Gasteiger partial charge in [-0.15, -0.1) is 0 Å². The fourth-order valence-electron chi connectivity index (χ4n) is 2.50. The van der Waals surface area contributed by atoms with E-state index < -0.39 is 0 Å². The van der Waals surface area contributed by atoms with Crippen LogP contribution in [0.3, 0.4) is 0 Å². The van der Waals surface area contributed by atoms with Crippen molar-refractivity contribution < 1.29 is 4.79 Å². The highest BCUT2D eigenvalue weighted by Crippen LogP contribution is 2.32. The van der Waals surface area contributed by atoms with Crippen LogP contribution in [0.1, 0.15) is 24.8 Å². The number of amides is 1. The molecule has 1 saturated carbocycles. The summed E-state index contributed by atoms with van der Waals surface area (Å²) >= 11 is 0. The summed E-state index contributed by atoms with van der Waals surface area (Å²) in [4.78, 5) is 16.2. The van der Waals surface area contributed by atoms with E-state index in [1.807, 2.05) is 13.0 Å². The summed E-state index contributed by atoms with van der Waals surface area (Å²) in [6.45, 7) is 2.55. The summed E-state index contributed by atoms with van der Waals surface area (Å²) in [5, 5.41) is 2.98. The van der Waals surface area contributed by atoms with Gasteiger partial charge in [0, 0.05) is 24.0 Å². The van der Waals surface area contributed by atoms with E-state index in [0.29, 0.717) is 12.5 Å². The molecule has 0 radical (unpaired) electrons. The smallest absolute Gasteiger partial charge is 0.227 e. The predicted octanol–water partition coefficient (Wildman–Crippen LogP) is 1.70. The fraction of sp³-hybridized carbons (Fsp3) is 0.538. The molecule has 0 bridgehead atoms. The molecule has 4 nitrogen and oxygen atoms in total. The van der Waals surface area contributed by atoms with Gasteiger partial charge >= 0.3 is 0 Å². The minimum Gasteiger partial charge on any atom is -0.330 e. The van der Waals surface area contributed by atoms with Crippen molar-refractivity contribution in [1.82, 2.24) is 4.98 Å². The van der Waals surface area contributed by atoms with Gasteiger partial charge < -0.3 is 11.1 Å². The van der Waals surface area contributed by atoms with Crippen LogP contribution in [0.5, 0.6) is 0 Å². The van der Waals surface area contributed by atoms with Crippen molar-refractivity contribution in [3.05, 3.63) is 24.0 Å². The number of hydrogen-bond donors (Lipinski definition) is 2. The second kappa shape index (κ2) is 5.27. The van der Waals surface area contributed by atoms with Gasteiger partial charge in [0.1, 0.15) is 0 Å². The van der Waals surface area contributed by atoms with E-state index in [2.05, 4.69) is 10.3 Å². The van der Waals surface area contributed by atoms with Crippen LogP contribution in [0.15, 0.2) is 18.5 Å². The summed E-state index contributed by atoms with van der Waals surface area (Å²) < 4.78 is 0. The molecule has 2 atom stereocenters. The Morgan fingerprint density at radius 2 is 2.41 bits per heavy atom. The molecule has 1 heterocycles. The van der Waals surface area contributed by atoms with Crippen LogP contribution in [-0.2, 0) is 4.79 Å². The SMILES string of the molecule is Cc1cnccc1NC(=O)C1CCCC1CN. The Labute approximate surface area is 102 Å². The van der Waals surface area contributed by atoms with E-state index >= 15 is 0 Å². The standard InChI is InChI=1S/C13H19N3O/c1-9-8-15-6-5-12(9)16-13(17)11-4-2-3-10(11)7-14/h5-6,8,10-11H,2-4,7,14H2,1H3,(H,15,16,17).